The Morgan fingerprint density at radius 3 is 2.40 bits per heavy atom. The van der Waals surface area contributed by atoms with Gasteiger partial charge in [0, 0.05) is 26.4 Å². The summed E-state index contributed by atoms with van der Waals surface area (Å²) in [5, 5.41) is 19.7. The van der Waals surface area contributed by atoms with E-state index in [0.29, 0.717) is 9.37 Å². The van der Waals surface area contributed by atoms with Crippen LogP contribution in [-0.2, 0) is 0 Å². The fourth-order valence-electron chi connectivity index (χ4n) is 1.52. The first-order chi connectivity index (χ1) is 9.47. The van der Waals surface area contributed by atoms with Crippen molar-refractivity contribution in [3.63, 3.8) is 0 Å². The zero-order valence-corrected chi connectivity index (χ0v) is 12.3. The Hall–Kier alpha value is -1.86. The third-order valence-electron chi connectivity index (χ3n) is 2.45. The highest BCUT2D eigenvalue weighted by atomic mass is 79.9. The highest BCUT2D eigenvalue weighted by Gasteiger charge is 2.12. The molecule has 0 aliphatic carbocycles. The molecule has 0 spiro atoms. The van der Waals surface area contributed by atoms with Gasteiger partial charge in [-0.2, -0.15) is 0 Å². The van der Waals surface area contributed by atoms with Crippen molar-refractivity contribution in [3.05, 3.63) is 62.6 Å². The van der Waals surface area contributed by atoms with Gasteiger partial charge >= 0.3 is 5.97 Å². The number of nitro groups is 1. The number of carboxylic acid groups (broad SMARTS) is 1. The van der Waals surface area contributed by atoms with Crippen molar-refractivity contribution in [1.82, 2.24) is 0 Å². The number of carbonyl (C=O) groups is 1. The highest BCUT2D eigenvalue weighted by molar-refractivity contribution is 9.10. The predicted molar refractivity (Wildman–Crippen MR) is 78.3 cm³/mol. The van der Waals surface area contributed by atoms with Gasteiger partial charge in [0.25, 0.3) is 5.69 Å². The number of hydrogen-bond donors (Lipinski definition) is 1. The van der Waals surface area contributed by atoms with Crippen LogP contribution >= 0.6 is 27.7 Å². The second-order valence-electron chi connectivity index (χ2n) is 3.80. The van der Waals surface area contributed by atoms with Gasteiger partial charge in [0.15, 0.2) is 0 Å². The minimum Gasteiger partial charge on any atom is -0.478 e. The minimum atomic E-state index is -1.02. The van der Waals surface area contributed by atoms with Crippen LogP contribution < -0.4 is 0 Å². The highest BCUT2D eigenvalue weighted by Crippen LogP contribution is 2.33. The quantitative estimate of drug-likeness (QED) is 0.657. The largest absolute Gasteiger partial charge is 0.478 e. The molecule has 0 heterocycles. The first kappa shape index (κ1) is 14.5. The van der Waals surface area contributed by atoms with Crippen molar-refractivity contribution in [3.8, 4) is 0 Å². The van der Waals surface area contributed by atoms with Crippen LogP contribution in [0.3, 0.4) is 0 Å². The lowest BCUT2D eigenvalue weighted by atomic mass is 10.2. The van der Waals surface area contributed by atoms with E-state index in [-0.39, 0.29) is 11.3 Å². The van der Waals surface area contributed by atoms with Crippen LogP contribution in [0.4, 0.5) is 5.69 Å². The molecule has 0 unspecified atom stereocenters. The van der Waals surface area contributed by atoms with Gasteiger partial charge in [-0.3, -0.25) is 10.1 Å². The molecule has 0 bridgehead atoms. The van der Waals surface area contributed by atoms with Crippen molar-refractivity contribution in [2.75, 3.05) is 0 Å². The van der Waals surface area contributed by atoms with Gasteiger partial charge in [-0.15, -0.1) is 0 Å². The van der Waals surface area contributed by atoms with Crippen LogP contribution in [0.5, 0.6) is 0 Å². The van der Waals surface area contributed by atoms with Gasteiger partial charge in [-0.25, -0.2) is 4.79 Å². The Morgan fingerprint density at radius 1 is 1.20 bits per heavy atom. The summed E-state index contributed by atoms with van der Waals surface area (Å²) in [4.78, 5) is 22.6. The normalized spacial score (nSPS) is 10.2. The van der Waals surface area contributed by atoms with E-state index in [1.807, 2.05) is 0 Å². The summed E-state index contributed by atoms with van der Waals surface area (Å²) >= 11 is 4.48. The SMILES string of the molecule is O=C(O)c1cc(Br)ccc1Sc1ccc([N+](=O)[O-])cc1. The van der Waals surface area contributed by atoms with Gasteiger partial charge in [0.1, 0.15) is 0 Å². The number of rotatable bonds is 4. The molecule has 0 radical (unpaired) electrons. The summed E-state index contributed by atoms with van der Waals surface area (Å²) < 4.78 is 0.683. The zero-order chi connectivity index (χ0) is 14.7. The fourth-order valence-corrected chi connectivity index (χ4v) is 2.80. The van der Waals surface area contributed by atoms with Crippen LogP contribution in [-0.4, -0.2) is 16.0 Å². The Kier molecular flexibility index (Phi) is 4.41. The van der Waals surface area contributed by atoms with Gasteiger partial charge < -0.3 is 5.11 Å². The van der Waals surface area contributed by atoms with Gasteiger partial charge in [-0.05, 0) is 30.3 Å². The number of hydrogen-bond acceptors (Lipinski definition) is 4. The second kappa shape index (κ2) is 6.06. The number of halogens is 1. The molecule has 0 saturated carbocycles. The van der Waals surface area contributed by atoms with E-state index in [4.69, 9.17) is 5.11 Å². The van der Waals surface area contributed by atoms with Crippen LogP contribution in [0.2, 0.25) is 0 Å². The molecule has 7 heteroatoms. The fraction of sp³-hybridized carbons (Fsp3) is 0. The van der Waals surface area contributed by atoms with Crippen LogP contribution in [0, 0.1) is 10.1 Å². The molecule has 1 N–H and O–H groups in total. The summed E-state index contributed by atoms with van der Waals surface area (Å²) in [6, 6.07) is 10.9. The van der Waals surface area contributed by atoms with Crippen molar-refractivity contribution >= 4 is 39.3 Å². The van der Waals surface area contributed by atoms with Crippen molar-refractivity contribution in [2.45, 2.75) is 9.79 Å². The summed E-state index contributed by atoms with van der Waals surface area (Å²) in [5.74, 6) is -1.02. The molecule has 5 nitrogen and oxygen atoms in total. The maximum absolute atomic E-state index is 11.2. The molecule has 0 aliphatic heterocycles. The van der Waals surface area contributed by atoms with Crippen molar-refractivity contribution < 1.29 is 14.8 Å². The van der Waals surface area contributed by atoms with E-state index in [1.165, 1.54) is 30.0 Å². The molecular weight excluding hydrogens is 346 g/mol. The molecule has 0 atom stereocenters. The van der Waals surface area contributed by atoms with E-state index in [1.54, 1.807) is 24.3 Å². The number of carboxylic acids is 1. The lowest BCUT2D eigenvalue weighted by Crippen LogP contribution is -1.98. The lowest BCUT2D eigenvalue weighted by molar-refractivity contribution is -0.384. The molecule has 2 aromatic carbocycles. The summed E-state index contributed by atoms with van der Waals surface area (Å²) in [5.41, 5.74) is 0.186. The first-order valence-corrected chi connectivity index (χ1v) is 7.03. The Balaban J connectivity index is 2.30. The van der Waals surface area contributed by atoms with Gasteiger partial charge in [0.2, 0.25) is 0 Å². The van der Waals surface area contributed by atoms with Crippen LogP contribution in [0.25, 0.3) is 0 Å². The van der Waals surface area contributed by atoms with Crippen LogP contribution in [0.15, 0.2) is 56.7 Å². The molecule has 20 heavy (non-hydrogen) atoms. The topological polar surface area (TPSA) is 80.4 Å². The molecule has 102 valence electrons. The number of nitro benzene ring substituents is 1. The van der Waals surface area contributed by atoms with Crippen molar-refractivity contribution in [2.24, 2.45) is 0 Å². The summed E-state index contributed by atoms with van der Waals surface area (Å²) in [7, 11) is 0. The zero-order valence-electron chi connectivity index (χ0n) is 9.95. The monoisotopic (exact) mass is 353 g/mol. The average molecular weight is 354 g/mol. The predicted octanol–water partition coefficient (Wildman–Crippen LogP) is 4.21. The molecule has 0 fully saturated rings. The van der Waals surface area contributed by atoms with E-state index in [9.17, 15) is 14.9 Å². The number of benzene rings is 2. The van der Waals surface area contributed by atoms with E-state index in [0.717, 1.165) is 4.90 Å². The average Bonchev–Trinajstić information content (AvgIpc) is 2.41. The Morgan fingerprint density at radius 2 is 1.85 bits per heavy atom. The third-order valence-corrected chi connectivity index (χ3v) is 4.02. The van der Waals surface area contributed by atoms with E-state index in [2.05, 4.69) is 15.9 Å². The standard InChI is InChI=1S/C13H8BrNO4S/c14-8-1-6-12(11(7-8)13(16)17)20-10-4-2-9(3-5-10)15(18)19/h1-7H,(H,16,17). The Bertz CT molecular complexity index is 673. The summed E-state index contributed by atoms with van der Waals surface area (Å²) in [6.45, 7) is 0. The molecule has 0 aliphatic rings. The molecular formula is C13H8BrNO4S. The number of aromatic carboxylic acids is 1. The number of non-ortho nitro benzene ring substituents is 1. The Labute approximate surface area is 126 Å². The molecule has 2 aromatic rings. The minimum absolute atomic E-state index is 0.00335. The second-order valence-corrected chi connectivity index (χ2v) is 5.83. The smallest absolute Gasteiger partial charge is 0.336 e. The van der Waals surface area contributed by atoms with Crippen molar-refractivity contribution in [1.29, 1.82) is 0 Å². The maximum atomic E-state index is 11.2. The first-order valence-electron chi connectivity index (χ1n) is 5.42. The maximum Gasteiger partial charge on any atom is 0.336 e. The van der Waals surface area contributed by atoms with Gasteiger partial charge in [0.05, 0.1) is 10.5 Å². The molecule has 0 amide bonds. The number of nitrogens with zero attached hydrogens (tertiary/aromatic N) is 1. The van der Waals surface area contributed by atoms with E-state index >= 15 is 0 Å². The van der Waals surface area contributed by atoms with Gasteiger partial charge in [-0.1, -0.05) is 27.7 Å². The molecule has 0 aromatic heterocycles. The summed E-state index contributed by atoms with van der Waals surface area (Å²) in [6.07, 6.45) is 0. The molecule has 0 saturated heterocycles. The van der Waals surface area contributed by atoms with Crippen LogP contribution in [0.1, 0.15) is 10.4 Å². The van der Waals surface area contributed by atoms with E-state index < -0.39 is 10.9 Å². The third kappa shape index (κ3) is 3.37. The molecule has 2 rings (SSSR count). The lowest BCUT2D eigenvalue weighted by Gasteiger charge is -2.06.